The molecule has 3 N–H and O–H groups in total. The summed E-state index contributed by atoms with van der Waals surface area (Å²) in [6, 6.07) is 12.4. The Kier molecular flexibility index (Phi) is 6.07. The van der Waals surface area contributed by atoms with Gasteiger partial charge in [-0.3, -0.25) is 0 Å². The van der Waals surface area contributed by atoms with Crippen molar-refractivity contribution >= 4 is 11.4 Å². The minimum atomic E-state index is -0.222. The number of hydrogen-bond donors (Lipinski definition) is 2. The number of anilines is 2. The first kappa shape index (κ1) is 16.1. The molecule has 0 saturated heterocycles. The molecule has 0 amide bonds. The van der Waals surface area contributed by atoms with Gasteiger partial charge in [0, 0.05) is 12.2 Å². The van der Waals surface area contributed by atoms with Crippen molar-refractivity contribution in [2.24, 2.45) is 0 Å². The Morgan fingerprint density at radius 2 is 2.05 bits per heavy atom. The standard InChI is InChI=1S/C18H23FN2O/c1-2-11-22-18-9-8-14(12-17(18)20)5-4-10-21-16-7-3-6-15(19)13-16/h3,6-9,12-13,21H,2,4-5,10-11,20H2,1H3. The van der Waals surface area contributed by atoms with E-state index in [1.54, 1.807) is 6.07 Å². The highest BCUT2D eigenvalue weighted by molar-refractivity contribution is 5.54. The molecular weight excluding hydrogens is 279 g/mol. The maximum atomic E-state index is 13.0. The molecule has 0 spiro atoms. The summed E-state index contributed by atoms with van der Waals surface area (Å²) in [6.45, 7) is 3.54. The summed E-state index contributed by atoms with van der Waals surface area (Å²) in [5, 5.41) is 3.21. The van der Waals surface area contributed by atoms with Crippen LogP contribution in [0.2, 0.25) is 0 Å². The zero-order valence-corrected chi connectivity index (χ0v) is 12.9. The van der Waals surface area contributed by atoms with Crippen LogP contribution in [0, 0.1) is 5.82 Å². The van der Waals surface area contributed by atoms with E-state index in [4.69, 9.17) is 10.5 Å². The number of halogens is 1. The summed E-state index contributed by atoms with van der Waals surface area (Å²) in [7, 11) is 0. The van der Waals surface area contributed by atoms with Gasteiger partial charge in [0.15, 0.2) is 0 Å². The van der Waals surface area contributed by atoms with Crippen LogP contribution < -0.4 is 15.8 Å². The highest BCUT2D eigenvalue weighted by Gasteiger charge is 2.02. The van der Waals surface area contributed by atoms with Crippen LogP contribution in [-0.2, 0) is 6.42 Å². The number of nitrogens with one attached hydrogen (secondary N) is 1. The average Bonchev–Trinajstić information content (AvgIpc) is 2.51. The van der Waals surface area contributed by atoms with Crippen molar-refractivity contribution in [3.05, 3.63) is 53.8 Å². The molecule has 0 heterocycles. The Morgan fingerprint density at radius 3 is 2.77 bits per heavy atom. The summed E-state index contributed by atoms with van der Waals surface area (Å²) >= 11 is 0. The van der Waals surface area contributed by atoms with Gasteiger partial charge in [-0.1, -0.05) is 19.1 Å². The average molecular weight is 302 g/mol. The van der Waals surface area contributed by atoms with E-state index in [9.17, 15) is 4.39 Å². The fourth-order valence-electron chi connectivity index (χ4n) is 2.22. The topological polar surface area (TPSA) is 47.3 Å². The van der Waals surface area contributed by atoms with E-state index >= 15 is 0 Å². The van der Waals surface area contributed by atoms with Gasteiger partial charge in [0.25, 0.3) is 0 Å². The first-order chi connectivity index (χ1) is 10.7. The first-order valence-electron chi connectivity index (χ1n) is 7.69. The van der Waals surface area contributed by atoms with Gasteiger partial charge >= 0.3 is 0 Å². The molecular formula is C18H23FN2O. The minimum absolute atomic E-state index is 0.222. The largest absolute Gasteiger partial charge is 0.491 e. The van der Waals surface area contributed by atoms with Crippen molar-refractivity contribution in [3.8, 4) is 5.75 Å². The van der Waals surface area contributed by atoms with Crippen molar-refractivity contribution in [1.82, 2.24) is 0 Å². The second-order valence-electron chi connectivity index (χ2n) is 5.26. The van der Waals surface area contributed by atoms with E-state index in [2.05, 4.69) is 12.2 Å². The third-order valence-electron chi connectivity index (χ3n) is 3.33. The van der Waals surface area contributed by atoms with Gasteiger partial charge in [0.2, 0.25) is 0 Å². The number of ether oxygens (including phenoxy) is 1. The monoisotopic (exact) mass is 302 g/mol. The molecule has 2 aromatic rings. The number of hydrogen-bond acceptors (Lipinski definition) is 3. The number of rotatable bonds is 8. The second-order valence-corrected chi connectivity index (χ2v) is 5.26. The number of nitrogens with two attached hydrogens (primary N) is 1. The van der Waals surface area contributed by atoms with E-state index in [1.165, 1.54) is 17.7 Å². The molecule has 0 aliphatic rings. The molecule has 118 valence electrons. The van der Waals surface area contributed by atoms with Gasteiger partial charge in [-0.05, 0) is 55.2 Å². The maximum Gasteiger partial charge on any atom is 0.142 e. The maximum absolute atomic E-state index is 13.0. The predicted octanol–water partition coefficient (Wildman–Crippen LogP) is 4.24. The van der Waals surface area contributed by atoms with Crippen LogP contribution in [0.5, 0.6) is 5.75 Å². The highest BCUT2D eigenvalue weighted by Crippen LogP contribution is 2.23. The SMILES string of the molecule is CCCOc1ccc(CCCNc2cccc(F)c2)cc1N. The molecule has 3 nitrogen and oxygen atoms in total. The van der Waals surface area contributed by atoms with Gasteiger partial charge in [0.1, 0.15) is 11.6 Å². The lowest BCUT2D eigenvalue weighted by molar-refractivity contribution is 0.319. The number of benzene rings is 2. The molecule has 0 aliphatic heterocycles. The van der Waals surface area contributed by atoms with E-state index < -0.39 is 0 Å². The smallest absolute Gasteiger partial charge is 0.142 e. The summed E-state index contributed by atoms with van der Waals surface area (Å²) in [6.07, 6.45) is 2.83. The van der Waals surface area contributed by atoms with Crippen LogP contribution in [-0.4, -0.2) is 13.2 Å². The lowest BCUT2D eigenvalue weighted by atomic mass is 10.1. The van der Waals surface area contributed by atoms with Crippen LogP contribution in [0.15, 0.2) is 42.5 Å². The first-order valence-corrected chi connectivity index (χ1v) is 7.69. The van der Waals surface area contributed by atoms with Gasteiger partial charge in [0.05, 0.1) is 12.3 Å². The summed E-state index contributed by atoms with van der Waals surface area (Å²) in [5.41, 5.74) is 8.67. The van der Waals surface area contributed by atoms with Crippen LogP contribution >= 0.6 is 0 Å². The Hall–Kier alpha value is -2.23. The van der Waals surface area contributed by atoms with Crippen LogP contribution in [0.25, 0.3) is 0 Å². The molecule has 0 fully saturated rings. The van der Waals surface area contributed by atoms with E-state index in [-0.39, 0.29) is 5.82 Å². The summed E-state index contributed by atoms with van der Waals surface area (Å²) < 4.78 is 18.6. The zero-order chi connectivity index (χ0) is 15.8. The summed E-state index contributed by atoms with van der Waals surface area (Å²) in [5.74, 6) is 0.531. The molecule has 0 aromatic heterocycles. The van der Waals surface area contributed by atoms with Crippen LogP contribution in [0.1, 0.15) is 25.3 Å². The lowest BCUT2D eigenvalue weighted by Crippen LogP contribution is -2.04. The van der Waals surface area contributed by atoms with E-state index in [1.807, 2.05) is 24.3 Å². The fourth-order valence-corrected chi connectivity index (χ4v) is 2.22. The molecule has 0 saturated carbocycles. The van der Waals surface area contributed by atoms with Gasteiger partial charge in [-0.2, -0.15) is 0 Å². The van der Waals surface area contributed by atoms with Crippen molar-refractivity contribution in [1.29, 1.82) is 0 Å². The minimum Gasteiger partial charge on any atom is -0.491 e. The molecule has 22 heavy (non-hydrogen) atoms. The quantitative estimate of drug-likeness (QED) is 0.566. The molecule has 0 bridgehead atoms. The summed E-state index contributed by atoms with van der Waals surface area (Å²) in [4.78, 5) is 0. The third kappa shape index (κ3) is 4.95. The van der Waals surface area contributed by atoms with E-state index in [0.29, 0.717) is 12.3 Å². The zero-order valence-electron chi connectivity index (χ0n) is 12.9. The Morgan fingerprint density at radius 1 is 1.18 bits per heavy atom. The number of aryl methyl sites for hydroxylation is 1. The van der Waals surface area contributed by atoms with Crippen molar-refractivity contribution in [2.75, 3.05) is 24.2 Å². The van der Waals surface area contributed by atoms with Crippen molar-refractivity contribution in [3.63, 3.8) is 0 Å². The molecule has 2 rings (SSSR count). The molecule has 0 atom stereocenters. The molecule has 0 radical (unpaired) electrons. The Balaban J connectivity index is 1.78. The second kappa shape index (κ2) is 8.27. The van der Waals surface area contributed by atoms with Crippen molar-refractivity contribution in [2.45, 2.75) is 26.2 Å². The van der Waals surface area contributed by atoms with Crippen LogP contribution in [0.3, 0.4) is 0 Å². The van der Waals surface area contributed by atoms with Gasteiger partial charge in [-0.25, -0.2) is 4.39 Å². The Labute approximate surface area is 131 Å². The Bertz CT molecular complexity index is 601. The van der Waals surface area contributed by atoms with Crippen LogP contribution in [0.4, 0.5) is 15.8 Å². The third-order valence-corrected chi connectivity index (χ3v) is 3.33. The molecule has 2 aromatic carbocycles. The van der Waals surface area contributed by atoms with Gasteiger partial charge in [-0.15, -0.1) is 0 Å². The molecule has 0 unspecified atom stereocenters. The van der Waals surface area contributed by atoms with E-state index in [0.717, 1.165) is 37.2 Å². The molecule has 4 heteroatoms. The fraction of sp³-hybridized carbons (Fsp3) is 0.333. The van der Waals surface area contributed by atoms with Gasteiger partial charge < -0.3 is 15.8 Å². The molecule has 0 aliphatic carbocycles. The van der Waals surface area contributed by atoms with Crippen molar-refractivity contribution < 1.29 is 9.13 Å². The lowest BCUT2D eigenvalue weighted by Gasteiger charge is -2.10. The normalized spacial score (nSPS) is 10.5. The highest BCUT2D eigenvalue weighted by atomic mass is 19.1. The predicted molar refractivity (Wildman–Crippen MR) is 89.9 cm³/mol. The number of nitrogen functional groups attached to an aromatic ring is 1.